The maximum absolute atomic E-state index is 12.0. The van der Waals surface area contributed by atoms with Gasteiger partial charge in [-0.2, -0.15) is 0 Å². The van der Waals surface area contributed by atoms with Gasteiger partial charge in [-0.15, -0.1) is 0 Å². The summed E-state index contributed by atoms with van der Waals surface area (Å²) in [4.78, 5) is 12.0. The van der Waals surface area contributed by atoms with E-state index < -0.39 is 5.41 Å². The van der Waals surface area contributed by atoms with Crippen LogP contribution in [0.1, 0.15) is 39.3 Å². The lowest BCUT2D eigenvalue weighted by molar-refractivity contribution is -0.129. The van der Waals surface area contributed by atoms with Crippen molar-refractivity contribution in [3.63, 3.8) is 0 Å². The average molecular weight is 265 g/mol. The molecule has 106 valence electrons. The summed E-state index contributed by atoms with van der Waals surface area (Å²) in [5, 5.41) is 2.99. The number of hydrogen-bond acceptors (Lipinski definition) is 3. The monoisotopic (exact) mass is 265 g/mol. The summed E-state index contributed by atoms with van der Waals surface area (Å²) in [6, 6.07) is 5.41. The van der Waals surface area contributed by atoms with Crippen molar-refractivity contribution in [1.82, 2.24) is 5.32 Å². The molecule has 0 aliphatic rings. The SMILES string of the molecule is COc1ccc(OC)c([C@H](C)NC(=O)C(C)(C)C)c1. The highest BCUT2D eigenvalue weighted by Gasteiger charge is 2.24. The van der Waals surface area contributed by atoms with Gasteiger partial charge in [-0.05, 0) is 25.1 Å². The quantitative estimate of drug-likeness (QED) is 0.910. The predicted molar refractivity (Wildman–Crippen MR) is 75.6 cm³/mol. The van der Waals surface area contributed by atoms with Gasteiger partial charge < -0.3 is 14.8 Å². The van der Waals surface area contributed by atoms with Gasteiger partial charge in [0.2, 0.25) is 5.91 Å². The van der Waals surface area contributed by atoms with Gasteiger partial charge in [0.15, 0.2) is 0 Å². The van der Waals surface area contributed by atoms with Gasteiger partial charge in [-0.3, -0.25) is 4.79 Å². The molecule has 0 unspecified atom stereocenters. The van der Waals surface area contributed by atoms with Crippen LogP contribution >= 0.6 is 0 Å². The number of hydrogen-bond donors (Lipinski definition) is 1. The Morgan fingerprint density at radius 2 is 1.84 bits per heavy atom. The Balaban J connectivity index is 2.98. The van der Waals surface area contributed by atoms with Crippen molar-refractivity contribution in [3.05, 3.63) is 23.8 Å². The Labute approximate surface area is 115 Å². The van der Waals surface area contributed by atoms with E-state index in [1.165, 1.54) is 0 Å². The number of carbonyl (C=O) groups excluding carboxylic acids is 1. The molecule has 1 aromatic rings. The zero-order valence-corrected chi connectivity index (χ0v) is 12.5. The molecule has 19 heavy (non-hydrogen) atoms. The van der Waals surface area contributed by atoms with Crippen molar-refractivity contribution in [2.75, 3.05) is 14.2 Å². The number of benzene rings is 1. The molecule has 0 aliphatic carbocycles. The molecule has 0 aromatic heterocycles. The largest absolute Gasteiger partial charge is 0.497 e. The number of ether oxygens (including phenoxy) is 2. The molecular formula is C15H23NO3. The van der Waals surface area contributed by atoms with E-state index in [1.54, 1.807) is 14.2 Å². The Bertz CT molecular complexity index is 449. The Hall–Kier alpha value is -1.71. The molecule has 0 spiro atoms. The third kappa shape index (κ3) is 3.88. The first-order chi connectivity index (χ1) is 8.79. The lowest BCUT2D eigenvalue weighted by atomic mass is 9.94. The minimum atomic E-state index is -0.416. The highest BCUT2D eigenvalue weighted by Crippen LogP contribution is 2.29. The van der Waals surface area contributed by atoms with Crippen LogP contribution in [0.4, 0.5) is 0 Å². The Morgan fingerprint density at radius 3 is 2.32 bits per heavy atom. The zero-order chi connectivity index (χ0) is 14.6. The van der Waals surface area contributed by atoms with E-state index in [2.05, 4.69) is 5.32 Å². The fraction of sp³-hybridized carbons (Fsp3) is 0.533. The van der Waals surface area contributed by atoms with Crippen molar-refractivity contribution in [2.45, 2.75) is 33.7 Å². The van der Waals surface area contributed by atoms with Crippen molar-refractivity contribution in [3.8, 4) is 11.5 Å². The molecule has 0 fully saturated rings. The maximum atomic E-state index is 12.0. The van der Waals surface area contributed by atoms with Crippen molar-refractivity contribution < 1.29 is 14.3 Å². The molecule has 1 atom stereocenters. The number of rotatable bonds is 4. The fourth-order valence-electron chi connectivity index (χ4n) is 1.67. The van der Waals surface area contributed by atoms with E-state index in [4.69, 9.17) is 9.47 Å². The summed E-state index contributed by atoms with van der Waals surface area (Å²) in [7, 11) is 3.23. The van der Waals surface area contributed by atoms with Gasteiger partial charge in [-0.25, -0.2) is 0 Å². The third-order valence-electron chi connectivity index (χ3n) is 2.93. The molecule has 4 heteroatoms. The maximum Gasteiger partial charge on any atom is 0.225 e. The number of methoxy groups -OCH3 is 2. The summed E-state index contributed by atoms with van der Waals surface area (Å²) in [5.74, 6) is 1.49. The van der Waals surface area contributed by atoms with Gasteiger partial charge in [0.1, 0.15) is 11.5 Å². The molecule has 1 rings (SSSR count). The van der Waals surface area contributed by atoms with E-state index in [-0.39, 0.29) is 11.9 Å². The van der Waals surface area contributed by atoms with Crippen molar-refractivity contribution in [1.29, 1.82) is 0 Å². The average Bonchev–Trinajstić information content (AvgIpc) is 2.36. The van der Waals surface area contributed by atoms with E-state index >= 15 is 0 Å². The van der Waals surface area contributed by atoms with E-state index in [9.17, 15) is 4.79 Å². The lowest BCUT2D eigenvalue weighted by Gasteiger charge is -2.23. The zero-order valence-electron chi connectivity index (χ0n) is 12.5. The van der Waals surface area contributed by atoms with E-state index in [1.807, 2.05) is 45.9 Å². The first kappa shape index (κ1) is 15.3. The van der Waals surface area contributed by atoms with Crippen LogP contribution in [0.3, 0.4) is 0 Å². The van der Waals surface area contributed by atoms with Gasteiger partial charge in [0, 0.05) is 11.0 Å². The lowest BCUT2D eigenvalue weighted by Crippen LogP contribution is -2.36. The first-order valence-electron chi connectivity index (χ1n) is 6.32. The van der Waals surface area contributed by atoms with Gasteiger partial charge in [0.25, 0.3) is 0 Å². The van der Waals surface area contributed by atoms with E-state index in [0.29, 0.717) is 0 Å². The summed E-state index contributed by atoms with van der Waals surface area (Å²) in [6.07, 6.45) is 0. The van der Waals surface area contributed by atoms with Crippen LogP contribution in [0, 0.1) is 5.41 Å². The van der Waals surface area contributed by atoms with E-state index in [0.717, 1.165) is 17.1 Å². The van der Waals surface area contributed by atoms with Gasteiger partial charge in [0.05, 0.1) is 20.3 Å². The minimum absolute atomic E-state index is 0.00451. The Morgan fingerprint density at radius 1 is 1.21 bits per heavy atom. The molecule has 4 nitrogen and oxygen atoms in total. The molecule has 0 saturated heterocycles. The molecule has 0 saturated carbocycles. The van der Waals surface area contributed by atoms with Crippen LogP contribution in [0.5, 0.6) is 11.5 Å². The molecular weight excluding hydrogens is 242 g/mol. The summed E-state index contributed by atoms with van der Waals surface area (Å²) >= 11 is 0. The van der Waals surface area contributed by atoms with Gasteiger partial charge >= 0.3 is 0 Å². The highest BCUT2D eigenvalue weighted by atomic mass is 16.5. The molecule has 0 heterocycles. The van der Waals surface area contributed by atoms with Crippen LogP contribution < -0.4 is 14.8 Å². The molecule has 1 N–H and O–H groups in total. The van der Waals surface area contributed by atoms with Crippen molar-refractivity contribution in [2.24, 2.45) is 5.41 Å². The molecule has 0 aliphatic heterocycles. The van der Waals surface area contributed by atoms with Crippen LogP contribution in [-0.2, 0) is 4.79 Å². The van der Waals surface area contributed by atoms with Gasteiger partial charge in [-0.1, -0.05) is 20.8 Å². The number of amides is 1. The molecule has 1 aromatic carbocycles. The topological polar surface area (TPSA) is 47.6 Å². The smallest absolute Gasteiger partial charge is 0.225 e. The fourth-order valence-corrected chi connectivity index (χ4v) is 1.67. The predicted octanol–water partition coefficient (Wildman–Crippen LogP) is 2.93. The van der Waals surface area contributed by atoms with Crippen molar-refractivity contribution >= 4 is 5.91 Å². The summed E-state index contributed by atoms with van der Waals surface area (Å²) < 4.78 is 10.5. The van der Waals surface area contributed by atoms with Crippen LogP contribution in [0.15, 0.2) is 18.2 Å². The minimum Gasteiger partial charge on any atom is -0.497 e. The molecule has 0 radical (unpaired) electrons. The standard InChI is InChI=1S/C15H23NO3/c1-10(16-14(17)15(2,3)4)12-9-11(18-5)7-8-13(12)19-6/h7-10H,1-6H3,(H,16,17)/t10-/m0/s1. The second kappa shape index (κ2) is 5.95. The second-order valence-corrected chi connectivity index (χ2v) is 5.55. The summed E-state index contributed by atoms with van der Waals surface area (Å²) in [5.41, 5.74) is 0.486. The molecule has 1 amide bonds. The molecule has 0 bridgehead atoms. The summed E-state index contributed by atoms with van der Waals surface area (Å²) in [6.45, 7) is 7.59. The second-order valence-electron chi connectivity index (χ2n) is 5.55. The number of carbonyl (C=O) groups is 1. The number of nitrogens with one attached hydrogen (secondary N) is 1. The van der Waals surface area contributed by atoms with Crippen LogP contribution in [0.25, 0.3) is 0 Å². The normalized spacial score (nSPS) is 12.7. The van der Waals surface area contributed by atoms with Crippen LogP contribution in [0.2, 0.25) is 0 Å². The first-order valence-corrected chi connectivity index (χ1v) is 6.32. The van der Waals surface area contributed by atoms with Crippen LogP contribution in [-0.4, -0.2) is 20.1 Å². The Kier molecular flexibility index (Phi) is 4.81. The highest BCUT2D eigenvalue weighted by molar-refractivity contribution is 5.81. The third-order valence-corrected chi connectivity index (χ3v) is 2.93.